The van der Waals surface area contributed by atoms with Crippen LogP contribution in [0.5, 0.6) is 5.75 Å². The van der Waals surface area contributed by atoms with Gasteiger partial charge in [0, 0.05) is 6.42 Å². The number of benzene rings is 1. The third-order valence-corrected chi connectivity index (χ3v) is 2.47. The quantitative estimate of drug-likeness (QED) is 0.756. The van der Waals surface area contributed by atoms with E-state index >= 15 is 0 Å². The first kappa shape index (κ1) is 13.2. The lowest BCUT2D eigenvalue weighted by Gasteiger charge is -2.08. The number of nitrogens with zero attached hydrogens (tertiary/aromatic N) is 1. The highest BCUT2D eigenvalue weighted by Gasteiger charge is 2.02. The number of Topliss-reactive ketones (excluding diaryl/α,β-unsaturated/α-hetero) is 1. The van der Waals surface area contributed by atoms with Gasteiger partial charge in [-0.3, -0.25) is 4.79 Å². The largest absolute Gasteiger partial charge is 0.493 e. The van der Waals surface area contributed by atoms with E-state index in [0.29, 0.717) is 18.9 Å². The van der Waals surface area contributed by atoms with Gasteiger partial charge in [0.1, 0.15) is 11.5 Å². The number of rotatable bonds is 6. The molecular weight excluding hydrogens is 214 g/mol. The first-order valence-electron chi connectivity index (χ1n) is 5.75. The molecule has 0 heterocycles. The van der Waals surface area contributed by atoms with Gasteiger partial charge in [-0.05, 0) is 23.6 Å². The molecular formula is C14H17NO2. The molecule has 0 aromatic heterocycles. The highest BCUT2D eigenvalue weighted by Crippen LogP contribution is 2.18. The van der Waals surface area contributed by atoms with Crippen LogP contribution in [-0.4, -0.2) is 12.4 Å². The van der Waals surface area contributed by atoms with Crippen LogP contribution in [0.1, 0.15) is 38.2 Å². The van der Waals surface area contributed by atoms with Crippen LogP contribution in [-0.2, 0) is 4.79 Å². The molecule has 90 valence electrons. The molecule has 0 fully saturated rings. The van der Waals surface area contributed by atoms with Crippen molar-refractivity contribution < 1.29 is 9.53 Å². The predicted octanol–water partition coefficient (Wildman–Crippen LogP) is 3.06. The summed E-state index contributed by atoms with van der Waals surface area (Å²) < 4.78 is 5.43. The van der Waals surface area contributed by atoms with Gasteiger partial charge >= 0.3 is 0 Å². The molecule has 1 aromatic carbocycles. The Hall–Kier alpha value is -1.82. The zero-order chi connectivity index (χ0) is 12.7. The summed E-state index contributed by atoms with van der Waals surface area (Å²) in [5.74, 6) is 1.19. The Balaban J connectivity index is 2.38. The molecule has 0 amide bonds. The van der Waals surface area contributed by atoms with Crippen LogP contribution >= 0.6 is 0 Å². The Morgan fingerprint density at radius 2 is 2.00 bits per heavy atom. The minimum Gasteiger partial charge on any atom is -0.493 e. The number of hydrogen-bond donors (Lipinski definition) is 0. The van der Waals surface area contributed by atoms with Gasteiger partial charge in [-0.25, -0.2) is 0 Å². The van der Waals surface area contributed by atoms with Gasteiger partial charge in [0.25, 0.3) is 0 Å². The monoisotopic (exact) mass is 231 g/mol. The van der Waals surface area contributed by atoms with Crippen molar-refractivity contribution in [3.05, 3.63) is 29.8 Å². The fraction of sp³-hybridized carbons (Fsp3) is 0.429. The van der Waals surface area contributed by atoms with Crippen LogP contribution in [0.3, 0.4) is 0 Å². The maximum atomic E-state index is 11.1. The summed E-state index contributed by atoms with van der Waals surface area (Å²) in [5.41, 5.74) is 1.26. The summed E-state index contributed by atoms with van der Waals surface area (Å²) in [7, 11) is 0. The van der Waals surface area contributed by atoms with Crippen LogP contribution in [0.4, 0.5) is 0 Å². The minimum absolute atomic E-state index is 0.0321. The maximum Gasteiger partial charge on any atom is 0.150 e. The number of ketones is 1. The molecule has 17 heavy (non-hydrogen) atoms. The van der Waals surface area contributed by atoms with Crippen LogP contribution in [0.2, 0.25) is 0 Å². The topological polar surface area (TPSA) is 50.1 Å². The van der Waals surface area contributed by atoms with Gasteiger partial charge in [-0.1, -0.05) is 26.0 Å². The number of carbonyl (C=O) groups excluding carboxylic acids is 1. The van der Waals surface area contributed by atoms with Gasteiger partial charge in [0.2, 0.25) is 0 Å². The minimum atomic E-state index is -0.0775. The average Bonchev–Trinajstić information content (AvgIpc) is 2.30. The van der Waals surface area contributed by atoms with Crippen LogP contribution in [0, 0.1) is 11.3 Å². The van der Waals surface area contributed by atoms with E-state index in [1.54, 1.807) is 0 Å². The third-order valence-electron chi connectivity index (χ3n) is 2.47. The van der Waals surface area contributed by atoms with E-state index in [1.165, 1.54) is 5.56 Å². The first-order valence-corrected chi connectivity index (χ1v) is 5.75. The number of hydrogen-bond acceptors (Lipinski definition) is 3. The Morgan fingerprint density at radius 1 is 1.35 bits per heavy atom. The van der Waals surface area contributed by atoms with E-state index in [0.717, 1.165) is 5.75 Å². The predicted molar refractivity (Wildman–Crippen MR) is 65.9 cm³/mol. The second-order valence-electron chi connectivity index (χ2n) is 4.20. The molecule has 3 heteroatoms. The lowest BCUT2D eigenvalue weighted by Crippen LogP contribution is -2.05. The molecule has 0 radical (unpaired) electrons. The molecule has 0 atom stereocenters. The summed E-state index contributed by atoms with van der Waals surface area (Å²) in [6.45, 7) is 4.61. The van der Waals surface area contributed by atoms with Gasteiger partial charge in [-0.2, -0.15) is 5.26 Å². The Morgan fingerprint density at radius 3 is 2.53 bits per heavy atom. The molecule has 0 aliphatic carbocycles. The van der Waals surface area contributed by atoms with Crippen LogP contribution in [0.25, 0.3) is 0 Å². The van der Waals surface area contributed by atoms with Gasteiger partial charge in [0.15, 0.2) is 0 Å². The smallest absolute Gasteiger partial charge is 0.150 e. The molecule has 1 aromatic rings. The van der Waals surface area contributed by atoms with Gasteiger partial charge in [-0.15, -0.1) is 0 Å². The summed E-state index contributed by atoms with van der Waals surface area (Å²) in [6.07, 6.45) is 0.259. The Labute approximate surface area is 102 Å². The second-order valence-corrected chi connectivity index (χ2v) is 4.20. The Bertz CT molecular complexity index is 401. The van der Waals surface area contributed by atoms with Crippen molar-refractivity contribution >= 4 is 5.78 Å². The SMILES string of the molecule is CC(C)c1ccc(OCCC(=O)CC#N)cc1. The van der Waals surface area contributed by atoms with E-state index in [2.05, 4.69) is 13.8 Å². The molecule has 0 spiro atoms. The van der Waals surface area contributed by atoms with Crippen molar-refractivity contribution in [1.29, 1.82) is 5.26 Å². The van der Waals surface area contributed by atoms with E-state index in [9.17, 15) is 4.79 Å². The lowest BCUT2D eigenvalue weighted by molar-refractivity contribution is -0.118. The van der Waals surface area contributed by atoms with Crippen molar-refractivity contribution in [1.82, 2.24) is 0 Å². The van der Waals surface area contributed by atoms with E-state index in [1.807, 2.05) is 30.3 Å². The van der Waals surface area contributed by atoms with Crippen molar-refractivity contribution in [3.63, 3.8) is 0 Å². The molecule has 0 N–H and O–H groups in total. The fourth-order valence-corrected chi connectivity index (χ4v) is 1.41. The van der Waals surface area contributed by atoms with E-state index < -0.39 is 0 Å². The zero-order valence-electron chi connectivity index (χ0n) is 10.3. The number of carbonyl (C=O) groups is 1. The molecule has 0 bridgehead atoms. The molecule has 0 aliphatic heterocycles. The molecule has 3 nitrogen and oxygen atoms in total. The summed E-state index contributed by atoms with van der Waals surface area (Å²) in [4.78, 5) is 11.1. The number of nitriles is 1. The van der Waals surface area contributed by atoms with E-state index in [4.69, 9.17) is 10.00 Å². The third kappa shape index (κ3) is 4.69. The highest BCUT2D eigenvalue weighted by molar-refractivity contribution is 5.80. The van der Waals surface area contributed by atoms with Crippen LogP contribution < -0.4 is 4.74 Å². The summed E-state index contributed by atoms with van der Waals surface area (Å²) in [5, 5.41) is 8.32. The Kier molecular flexibility index (Phi) is 5.22. The maximum absolute atomic E-state index is 11.1. The molecule has 0 saturated carbocycles. The van der Waals surface area contributed by atoms with Crippen molar-refractivity contribution in [3.8, 4) is 11.8 Å². The van der Waals surface area contributed by atoms with E-state index in [-0.39, 0.29) is 12.2 Å². The zero-order valence-corrected chi connectivity index (χ0v) is 10.3. The molecule has 0 unspecified atom stereocenters. The standard InChI is InChI=1S/C14H17NO2/c1-11(2)12-3-5-14(6-4-12)17-10-8-13(16)7-9-15/h3-6,11H,7-8,10H2,1-2H3. The summed E-state index contributed by atoms with van der Waals surface area (Å²) >= 11 is 0. The van der Waals surface area contributed by atoms with Crippen molar-refractivity contribution in [2.45, 2.75) is 32.6 Å². The lowest BCUT2D eigenvalue weighted by atomic mass is 10.0. The fourth-order valence-electron chi connectivity index (χ4n) is 1.41. The van der Waals surface area contributed by atoms with Crippen molar-refractivity contribution in [2.24, 2.45) is 0 Å². The molecule has 0 aliphatic rings. The normalized spacial score (nSPS) is 10.0. The average molecular weight is 231 g/mol. The molecule has 1 rings (SSSR count). The second kappa shape index (κ2) is 6.70. The number of ether oxygens (including phenoxy) is 1. The van der Waals surface area contributed by atoms with Gasteiger partial charge < -0.3 is 4.74 Å². The van der Waals surface area contributed by atoms with Crippen molar-refractivity contribution in [2.75, 3.05) is 6.61 Å². The summed E-state index contributed by atoms with van der Waals surface area (Å²) in [6, 6.07) is 9.69. The highest BCUT2D eigenvalue weighted by atomic mass is 16.5. The van der Waals surface area contributed by atoms with Gasteiger partial charge in [0.05, 0.1) is 19.1 Å². The first-order chi connectivity index (χ1) is 8.13. The van der Waals surface area contributed by atoms with Crippen LogP contribution in [0.15, 0.2) is 24.3 Å². The molecule has 0 saturated heterocycles.